The van der Waals surface area contributed by atoms with Gasteiger partial charge in [-0.15, -0.1) is 5.10 Å². The minimum absolute atomic E-state index is 0.178. The summed E-state index contributed by atoms with van der Waals surface area (Å²) in [6.45, 7) is 1.57. The molecule has 124 valence electrons. The molecule has 1 amide bonds. The number of carbonyl (C=O) groups is 2. The summed E-state index contributed by atoms with van der Waals surface area (Å²) in [5, 5.41) is 19.1. The van der Waals surface area contributed by atoms with Gasteiger partial charge >= 0.3 is 5.97 Å². The Bertz CT molecular complexity index is 721. The number of nitrogens with zero attached hydrogens (tertiary/aromatic N) is 6. The Morgan fingerprint density at radius 2 is 2.08 bits per heavy atom. The lowest BCUT2D eigenvalue weighted by Gasteiger charge is -2.21. The number of amides is 1. The van der Waals surface area contributed by atoms with Gasteiger partial charge in [0.2, 0.25) is 0 Å². The zero-order valence-electron chi connectivity index (χ0n) is 13.1. The van der Waals surface area contributed by atoms with Crippen molar-refractivity contribution in [3.63, 3.8) is 0 Å². The van der Waals surface area contributed by atoms with E-state index in [2.05, 4.69) is 15.5 Å². The lowest BCUT2D eigenvalue weighted by Crippen LogP contribution is -2.35. The van der Waals surface area contributed by atoms with Crippen LogP contribution in [-0.4, -0.2) is 45.2 Å². The third-order valence-electron chi connectivity index (χ3n) is 3.13. The standard InChI is InChI=1S/C15H16N6O3/c1-12-3-5-13(6-4-12)21(8-2-7-16)14(22)10-24-15(23)9-20-11-17-18-19-20/h3-6,11H,2,8-10H2,1H3. The van der Waals surface area contributed by atoms with Gasteiger partial charge in [-0.25, -0.2) is 4.68 Å². The summed E-state index contributed by atoms with van der Waals surface area (Å²) in [6.07, 6.45) is 1.45. The number of anilines is 1. The molecule has 24 heavy (non-hydrogen) atoms. The number of benzene rings is 1. The smallest absolute Gasteiger partial charge is 0.328 e. The Morgan fingerprint density at radius 3 is 2.71 bits per heavy atom. The van der Waals surface area contributed by atoms with E-state index in [1.54, 1.807) is 12.1 Å². The molecule has 0 radical (unpaired) electrons. The van der Waals surface area contributed by atoms with Crippen molar-refractivity contribution in [2.75, 3.05) is 18.1 Å². The molecular weight excluding hydrogens is 312 g/mol. The molecule has 0 aliphatic heterocycles. The van der Waals surface area contributed by atoms with Crippen LogP contribution in [0.4, 0.5) is 5.69 Å². The highest BCUT2D eigenvalue weighted by atomic mass is 16.5. The molecule has 0 aliphatic carbocycles. The van der Waals surface area contributed by atoms with Crippen LogP contribution in [0.5, 0.6) is 0 Å². The third-order valence-corrected chi connectivity index (χ3v) is 3.13. The molecule has 0 unspecified atom stereocenters. The van der Waals surface area contributed by atoms with Crippen molar-refractivity contribution in [1.29, 1.82) is 5.26 Å². The first-order valence-electron chi connectivity index (χ1n) is 7.20. The Balaban J connectivity index is 1.95. The first kappa shape index (κ1) is 17.1. The Hall–Kier alpha value is -3.28. The normalized spacial score (nSPS) is 10.0. The highest BCUT2D eigenvalue weighted by Crippen LogP contribution is 2.16. The van der Waals surface area contributed by atoms with Crippen molar-refractivity contribution in [3.05, 3.63) is 36.2 Å². The second kappa shape index (κ2) is 8.38. The summed E-state index contributed by atoms with van der Waals surface area (Å²) in [5.74, 6) is -1.03. The van der Waals surface area contributed by atoms with Crippen molar-refractivity contribution in [1.82, 2.24) is 20.2 Å². The summed E-state index contributed by atoms with van der Waals surface area (Å²) in [5.41, 5.74) is 1.71. The molecule has 1 aromatic carbocycles. The van der Waals surface area contributed by atoms with Crippen LogP contribution in [0.15, 0.2) is 30.6 Å². The lowest BCUT2D eigenvalue weighted by molar-refractivity contribution is -0.148. The monoisotopic (exact) mass is 328 g/mol. The highest BCUT2D eigenvalue weighted by molar-refractivity contribution is 5.95. The van der Waals surface area contributed by atoms with Crippen molar-refractivity contribution in [2.45, 2.75) is 19.9 Å². The maximum atomic E-state index is 12.3. The van der Waals surface area contributed by atoms with Crippen molar-refractivity contribution >= 4 is 17.6 Å². The van der Waals surface area contributed by atoms with Gasteiger partial charge in [0.25, 0.3) is 5.91 Å². The van der Waals surface area contributed by atoms with Crippen LogP contribution in [0.25, 0.3) is 0 Å². The van der Waals surface area contributed by atoms with Gasteiger partial charge in [-0.3, -0.25) is 9.59 Å². The second-order valence-corrected chi connectivity index (χ2v) is 4.96. The van der Waals surface area contributed by atoms with E-state index in [0.717, 1.165) is 5.56 Å². The quantitative estimate of drug-likeness (QED) is 0.679. The molecular formula is C15H16N6O3. The average Bonchev–Trinajstić information content (AvgIpc) is 3.07. The van der Waals surface area contributed by atoms with Gasteiger partial charge in [0.1, 0.15) is 12.9 Å². The van der Waals surface area contributed by atoms with Crippen molar-refractivity contribution < 1.29 is 14.3 Å². The molecule has 2 aromatic rings. The summed E-state index contributed by atoms with van der Waals surface area (Å²) in [7, 11) is 0. The maximum Gasteiger partial charge on any atom is 0.328 e. The Labute approximate surface area is 138 Å². The fourth-order valence-electron chi connectivity index (χ4n) is 1.94. The molecule has 1 heterocycles. The average molecular weight is 328 g/mol. The number of carbonyl (C=O) groups excluding carboxylic acids is 2. The van der Waals surface area contributed by atoms with E-state index in [0.29, 0.717) is 5.69 Å². The molecule has 0 saturated heterocycles. The molecule has 0 N–H and O–H groups in total. The van der Waals surface area contributed by atoms with Crippen LogP contribution in [0.2, 0.25) is 0 Å². The summed E-state index contributed by atoms with van der Waals surface area (Å²) in [6, 6.07) is 9.31. The zero-order valence-corrected chi connectivity index (χ0v) is 13.1. The number of aromatic nitrogens is 4. The second-order valence-electron chi connectivity index (χ2n) is 4.96. The predicted octanol–water partition coefficient (Wildman–Crippen LogP) is 0.472. The van der Waals surface area contributed by atoms with E-state index in [1.165, 1.54) is 15.9 Å². The summed E-state index contributed by atoms with van der Waals surface area (Å²) >= 11 is 0. The molecule has 0 bridgehead atoms. The number of nitriles is 1. The first-order chi connectivity index (χ1) is 11.6. The molecule has 0 fully saturated rings. The van der Waals surface area contributed by atoms with Crippen LogP contribution in [0.3, 0.4) is 0 Å². The maximum absolute atomic E-state index is 12.3. The molecule has 1 aromatic heterocycles. The number of hydrogen-bond donors (Lipinski definition) is 0. The van der Waals surface area contributed by atoms with E-state index >= 15 is 0 Å². The predicted molar refractivity (Wildman–Crippen MR) is 82.5 cm³/mol. The number of aryl methyl sites for hydroxylation is 1. The van der Waals surface area contributed by atoms with E-state index in [-0.39, 0.29) is 19.5 Å². The van der Waals surface area contributed by atoms with Crippen molar-refractivity contribution in [3.8, 4) is 6.07 Å². The minimum Gasteiger partial charge on any atom is -0.454 e. The van der Waals surface area contributed by atoms with E-state index in [4.69, 9.17) is 10.00 Å². The highest BCUT2D eigenvalue weighted by Gasteiger charge is 2.17. The molecule has 2 rings (SSSR count). The van der Waals surface area contributed by atoms with Gasteiger partial charge in [0, 0.05) is 12.2 Å². The van der Waals surface area contributed by atoms with Crippen molar-refractivity contribution in [2.24, 2.45) is 0 Å². The summed E-state index contributed by atoms with van der Waals surface area (Å²) < 4.78 is 6.15. The molecule has 0 aliphatic rings. The SMILES string of the molecule is Cc1ccc(N(CCC#N)C(=O)COC(=O)Cn2cnnn2)cc1. The van der Waals surface area contributed by atoms with Crippen LogP contribution < -0.4 is 4.90 Å². The van der Waals surface area contributed by atoms with Crippen LogP contribution in [-0.2, 0) is 20.9 Å². The number of esters is 1. The number of ether oxygens (including phenoxy) is 1. The number of tetrazole rings is 1. The first-order valence-corrected chi connectivity index (χ1v) is 7.20. The van der Waals surface area contributed by atoms with Gasteiger partial charge in [0.15, 0.2) is 6.61 Å². The van der Waals surface area contributed by atoms with E-state index in [1.807, 2.05) is 25.1 Å². The topological polar surface area (TPSA) is 114 Å². The lowest BCUT2D eigenvalue weighted by atomic mass is 10.2. The van der Waals surface area contributed by atoms with Gasteiger partial charge in [-0.05, 0) is 29.5 Å². The zero-order chi connectivity index (χ0) is 17.4. The molecule has 9 heteroatoms. The van der Waals surface area contributed by atoms with Gasteiger partial charge in [-0.1, -0.05) is 17.7 Å². The van der Waals surface area contributed by atoms with Crippen LogP contribution in [0, 0.1) is 18.3 Å². The molecule has 9 nitrogen and oxygen atoms in total. The minimum atomic E-state index is -0.625. The Morgan fingerprint density at radius 1 is 1.33 bits per heavy atom. The molecule has 0 spiro atoms. The van der Waals surface area contributed by atoms with Gasteiger partial charge < -0.3 is 9.64 Å². The van der Waals surface area contributed by atoms with Crippen LogP contribution in [0.1, 0.15) is 12.0 Å². The van der Waals surface area contributed by atoms with Gasteiger partial charge in [-0.2, -0.15) is 5.26 Å². The number of rotatable bonds is 7. The van der Waals surface area contributed by atoms with E-state index < -0.39 is 18.5 Å². The van der Waals surface area contributed by atoms with Gasteiger partial charge in [0.05, 0.1) is 12.5 Å². The number of hydrogen-bond acceptors (Lipinski definition) is 7. The van der Waals surface area contributed by atoms with E-state index in [9.17, 15) is 9.59 Å². The Kier molecular flexibility index (Phi) is 5.96. The fourth-order valence-corrected chi connectivity index (χ4v) is 1.94. The fraction of sp³-hybridized carbons (Fsp3) is 0.333. The summed E-state index contributed by atoms with van der Waals surface area (Å²) in [4.78, 5) is 25.4. The van der Waals surface area contributed by atoms with Crippen LogP contribution >= 0.6 is 0 Å². The molecule has 0 saturated carbocycles. The molecule has 0 atom stereocenters. The third kappa shape index (κ3) is 4.88. The largest absolute Gasteiger partial charge is 0.454 e.